The van der Waals surface area contributed by atoms with Gasteiger partial charge in [0.05, 0.1) is 11.7 Å². The van der Waals surface area contributed by atoms with Crippen molar-refractivity contribution in [3.63, 3.8) is 0 Å². The predicted octanol–water partition coefficient (Wildman–Crippen LogP) is 3.80. The average molecular weight is 504 g/mol. The fourth-order valence-corrected chi connectivity index (χ4v) is 5.79. The van der Waals surface area contributed by atoms with Crippen LogP contribution < -0.4 is 20.7 Å². The number of amides is 1. The molecule has 2 aliphatic rings. The second-order valence-corrected chi connectivity index (χ2v) is 12.1. The Kier molecular flexibility index (Phi) is 7.32. The Bertz CT molecular complexity index is 1160. The maximum absolute atomic E-state index is 13.1. The lowest BCUT2D eigenvalue weighted by Crippen LogP contribution is -2.41. The average Bonchev–Trinajstić information content (AvgIpc) is 2.97. The molecule has 10 heteroatoms. The molecule has 1 aliphatic heterocycles. The second kappa shape index (κ2) is 10.1. The summed E-state index contributed by atoms with van der Waals surface area (Å²) >= 11 is 0. The van der Waals surface area contributed by atoms with Gasteiger partial charge >= 0.3 is 0 Å². The molecule has 0 saturated heterocycles. The minimum atomic E-state index is -3.74. The molecule has 1 saturated carbocycles. The molecule has 4 N–H and O–H groups in total. The van der Waals surface area contributed by atoms with Gasteiger partial charge in [-0.15, -0.1) is 0 Å². The van der Waals surface area contributed by atoms with Gasteiger partial charge in [0.15, 0.2) is 0 Å². The summed E-state index contributed by atoms with van der Waals surface area (Å²) in [5.74, 6) is 0.105. The van der Waals surface area contributed by atoms with Crippen molar-refractivity contribution >= 4 is 27.4 Å². The zero-order valence-electron chi connectivity index (χ0n) is 20.4. The Morgan fingerprint density at radius 1 is 1.11 bits per heavy atom. The first-order valence-electron chi connectivity index (χ1n) is 12.1. The molecule has 8 nitrogen and oxygen atoms in total. The van der Waals surface area contributed by atoms with Crippen LogP contribution in [0.1, 0.15) is 58.1 Å². The van der Waals surface area contributed by atoms with E-state index in [4.69, 9.17) is 0 Å². The Morgan fingerprint density at radius 3 is 2.46 bits per heavy atom. The molecule has 2 aromatic rings. The summed E-state index contributed by atoms with van der Waals surface area (Å²) in [7, 11) is -3.74. The van der Waals surface area contributed by atoms with Gasteiger partial charge in [0.2, 0.25) is 15.9 Å². The normalized spacial score (nSPS) is 22.6. The number of nitrogens with zero attached hydrogens (tertiary/aromatic N) is 1. The van der Waals surface area contributed by atoms with Gasteiger partial charge in [-0.1, -0.05) is 26.0 Å². The number of carbonyl (C=O) groups excluding carboxylic acids is 1. The van der Waals surface area contributed by atoms with Crippen molar-refractivity contribution in [1.29, 1.82) is 0 Å². The van der Waals surface area contributed by atoms with Crippen LogP contribution in [0.4, 0.5) is 15.9 Å². The van der Waals surface area contributed by atoms with E-state index in [2.05, 4.69) is 39.5 Å². The molecule has 4 rings (SSSR count). The first-order chi connectivity index (χ1) is 16.5. The third kappa shape index (κ3) is 6.29. The molecule has 35 heavy (non-hydrogen) atoms. The van der Waals surface area contributed by atoms with Gasteiger partial charge in [0.1, 0.15) is 16.5 Å². The van der Waals surface area contributed by atoms with E-state index in [9.17, 15) is 17.6 Å². The van der Waals surface area contributed by atoms with Gasteiger partial charge in [-0.05, 0) is 61.8 Å². The molecule has 1 amide bonds. The summed E-state index contributed by atoms with van der Waals surface area (Å²) in [6, 6.07) is 7.24. The third-order valence-corrected chi connectivity index (χ3v) is 8.30. The molecule has 0 radical (unpaired) electrons. The van der Waals surface area contributed by atoms with Crippen molar-refractivity contribution in [1.82, 2.24) is 15.0 Å². The largest absolute Gasteiger partial charge is 0.381 e. The number of pyridine rings is 1. The van der Waals surface area contributed by atoms with Crippen molar-refractivity contribution in [3.8, 4) is 0 Å². The van der Waals surface area contributed by atoms with E-state index in [1.54, 1.807) is 18.2 Å². The lowest BCUT2D eigenvalue weighted by Gasteiger charge is -2.29. The SMILES string of the molecule is C[C@@H](NC(=O)C1CCC(NS(=O)(=O)c2cnc3c(c2)NCC(C)(C)CN3)CC1)c1ccc(F)cc1. The summed E-state index contributed by atoms with van der Waals surface area (Å²) in [4.78, 5) is 17.2. The molecule has 2 heterocycles. The van der Waals surface area contributed by atoms with Crippen molar-refractivity contribution in [2.24, 2.45) is 11.3 Å². The minimum absolute atomic E-state index is 0.0136. The van der Waals surface area contributed by atoms with Crippen LogP contribution in [-0.2, 0) is 14.8 Å². The number of aromatic nitrogens is 1. The standard InChI is InChI=1S/C25H34FN5O3S/c1-16(17-4-8-19(26)9-5-17)30-24(32)18-6-10-20(11-7-18)31-35(33,34)21-12-22-23(27-13-21)29-15-25(2,3)14-28-22/h4-5,8-9,12-13,16,18,20,28,31H,6-7,10-11,14-15H2,1-3H3,(H,27,29)(H,30,32)/t16-,18?,20?/m1/s1. The molecular weight excluding hydrogens is 469 g/mol. The summed E-state index contributed by atoms with van der Waals surface area (Å²) < 4.78 is 42.0. The lowest BCUT2D eigenvalue weighted by molar-refractivity contribution is -0.126. The number of sulfonamides is 1. The van der Waals surface area contributed by atoms with Crippen LogP contribution in [0.25, 0.3) is 0 Å². The maximum atomic E-state index is 13.1. The van der Waals surface area contributed by atoms with Crippen LogP contribution in [0.3, 0.4) is 0 Å². The number of hydrogen-bond donors (Lipinski definition) is 4. The number of carbonyl (C=O) groups is 1. The fourth-order valence-electron chi connectivity index (χ4n) is 4.52. The van der Waals surface area contributed by atoms with Gasteiger partial charge in [-0.25, -0.2) is 22.5 Å². The zero-order valence-corrected chi connectivity index (χ0v) is 21.2. The first kappa shape index (κ1) is 25.4. The summed E-state index contributed by atoms with van der Waals surface area (Å²) in [6.07, 6.45) is 3.73. The summed E-state index contributed by atoms with van der Waals surface area (Å²) in [5.41, 5.74) is 1.53. The van der Waals surface area contributed by atoms with E-state index in [1.165, 1.54) is 18.3 Å². The highest BCUT2D eigenvalue weighted by Crippen LogP contribution is 2.30. The van der Waals surface area contributed by atoms with Crippen LogP contribution >= 0.6 is 0 Å². The van der Waals surface area contributed by atoms with Crippen molar-refractivity contribution in [2.45, 2.75) is 63.4 Å². The number of anilines is 2. The number of benzene rings is 1. The number of halogens is 1. The Morgan fingerprint density at radius 2 is 1.77 bits per heavy atom. The van der Waals surface area contributed by atoms with E-state index < -0.39 is 10.0 Å². The Hall–Kier alpha value is -2.72. The van der Waals surface area contributed by atoms with Crippen LogP contribution in [-0.4, -0.2) is 38.4 Å². The zero-order chi connectivity index (χ0) is 25.2. The van der Waals surface area contributed by atoms with Crippen molar-refractivity contribution < 1.29 is 17.6 Å². The number of rotatable bonds is 6. The van der Waals surface area contributed by atoms with E-state index in [0.29, 0.717) is 43.7 Å². The van der Waals surface area contributed by atoms with Crippen molar-refractivity contribution in [2.75, 3.05) is 23.7 Å². The van der Waals surface area contributed by atoms with Crippen LogP contribution in [0, 0.1) is 17.2 Å². The van der Waals surface area contributed by atoms with E-state index in [1.807, 2.05) is 6.92 Å². The summed E-state index contributed by atoms with van der Waals surface area (Å²) in [5, 5.41) is 9.57. The van der Waals surface area contributed by atoms with Crippen LogP contribution in [0.15, 0.2) is 41.4 Å². The van der Waals surface area contributed by atoms with E-state index >= 15 is 0 Å². The highest BCUT2D eigenvalue weighted by atomic mass is 32.2. The minimum Gasteiger partial charge on any atom is -0.381 e. The molecule has 1 atom stereocenters. The fraction of sp³-hybridized carbons (Fsp3) is 0.520. The van der Waals surface area contributed by atoms with Crippen LogP contribution in [0.2, 0.25) is 0 Å². The molecule has 0 spiro atoms. The summed E-state index contributed by atoms with van der Waals surface area (Å²) in [6.45, 7) is 7.56. The maximum Gasteiger partial charge on any atom is 0.242 e. The van der Waals surface area contributed by atoms with Crippen molar-refractivity contribution in [3.05, 3.63) is 47.9 Å². The quantitative estimate of drug-likeness (QED) is 0.477. The van der Waals surface area contributed by atoms with Gasteiger partial charge in [-0.2, -0.15) is 0 Å². The number of nitrogens with one attached hydrogen (secondary N) is 4. The van der Waals surface area contributed by atoms with E-state index in [-0.39, 0.29) is 40.0 Å². The topological polar surface area (TPSA) is 112 Å². The second-order valence-electron chi connectivity index (χ2n) is 10.4. The first-order valence-corrected chi connectivity index (χ1v) is 13.6. The Labute approximate surface area is 206 Å². The molecular formula is C25H34FN5O3S. The predicted molar refractivity (Wildman–Crippen MR) is 134 cm³/mol. The van der Waals surface area contributed by atoms with Gasteiger partial charge in [-0.3, -0.25) is 4.79 Å². The van der Waals surface area contributed by atoms with E-state index in [0.717, 1.165) is 12.1 Å². The smallest absolute Gasteiger partial charge is 0.242 e. The van der Waals surface area contributed by atoms with Gasteiger partial charge < -0.3 is 16.0 Å². The molecule has 1 fully saturated rings. The lowest BCUT2D eigenvalue weighted by atomic mass is 9.85. The molecule has 0 bridgehead atoms. The van der Waals surface area contributed by atoms with Gasteiger partial charge in [0, 0.05) is 31.2 Å². The number of fused-ring (bicyclic) bond motifs is 1. The van der Waals surface area contributed by atoms with Gasteiger partial charge in [0.25, 0.3) is 0 Å². The highest BCUT2D eigenvalue weighted by Gasteiger charge is 2.31. The molecule has 1 aromatic carbocycles. The third-order valence-electron chi connectivity index (χ3n) is 6.81. The Balaban J connectivity index is 1.32. The molecule has 190 valence electrons. The molecule has 1 aliphatic carbocycles. The number of hydrogen-bond acceptors (Lipinski definition) is 6. The van der Waals surface area contributed by atoms with Crippen LogP contribution in [0.5, 0.6) is 0 Å². The highest BCUT2D eigenvalue weighted by molar-refractivity contribution is 7.89. The monoisotopic (exact) mass is 503 g/mol. The molecule has 0 unspecified atom stereocenters. The molecule has 1 aromatic heterocycles.